The van der Waals surface area contributed by atoms with Crippen molar-refractivity contribution in [2.24, 2.45) is 5.73 Å². The number of amides is 3. The van der Waals surface area contributed by atoms with E-state index in [1.54, 1.807) is 16.3 Å². The van der Waals surface area contributed by atoms with Crippen LogP contribution >= 0.6 is 11.3 Å². The highest BCUT2D eigenvalue weighted by Crippen LogP contribution is 2.23. The van der Waals surface area contributed by atoms with Crippen LogP contribution in [0.25, 0.3) is 10.9 Å². The molecule has 3 amide bonds. The van der Waals surface area contributed by atoms with Crippen molar-refractivity contribution in [1.82, 2.24) is 20.0 Å². The Bertz CT molecular complexity index is 1080. The normalized spacial score (nSPS) is 14.7. The molecule has 30 heavy (non-hydrogen) atoms. The number of fused-ring (bicyclic) bond motifs is 1. The first-order valence-corrected chi connectivity index (χ1v) is 10.5. The third-order valence-electron chi connectivity index (χ3n) is 5.17. The first-order valence-electron chi connectivity index (χ1n) is 9.65. The molecule has 0 bridgehead atoms. The van der Waals surface area contributed by atoms with Gasteiger partial charge in [-0.3, -0.25) is 24.4 Å². The minimum Gasteiger partial charge on any atom is -0.366 e. The summed E-state index contributed by atoms with van der Waals surface area (Å²) in [6.45, 7) is 3.12. The molecule has 0 spiro atoms. The van der Waals surface area contributed by atoms with Gasteiger partial charge in [-0.05, 0) is 17.5 Å². The summed E-state index contributed by atoms with van der Waals surface area (Å²) in [7, 11) is 0. The quantitative estimate of drug-likeness (QED) is 0.551. The topological polar surface area (TPSA) is 124 Å². The number of para-hydroxylation sites is 1. The van der Waals surface area contributed by atoms with Crippen molar-refractivity contribution in [1.29, 1.82) is 0 Å². The van der Waals surface area contributed by atoms with Crippen molar-refractivity contribution in [2.75, 3.05) is 38.0 Å². The maximum absolute atomic E-state index is 12.8. The average molecular weight is 427 g/mol. The summed E-state index contributed by atoms with van der Waals surface area (Å²) in [6.07, 6.45) is 0.300. The molecule has 3 aromatic rings. The molecule has 4 rings (SSSR count). The van der Waals surface area contributed by atoms with Crippen LogP contribution in [0.1, 0.15) is 27.3 Å². The highest BCUT2D eigenvalue weighted by molar-refractivity contribution is 7.14. The fourth-order valence-electron chi connectivity index (χ4n) is 3.50. The number of aromatic amines is 1. The van der Waals surface area contributed by atoms with E-state index < -0.39 is 5.91 Å². The summed E-state index contributed by atoms with van der Waals surface area (Å²) in [6, 6.07) is 9.17. The number of hydrogen-bond donors (Lipinski definition) is 3. The zero-order valence-corrected chi connectivity index (χ0v) is 17.1. The van der Waals surface area contributed by atoms with Gasteiger partial charge in [0.15, 0.2) is 5.69 Å². The van der Waals surface area contributed by atoms with E-state index >= 15 is 0 Å². The van der Waals surface area contributed by atoms with Crippen LogP contribution in [0.2, 0.25) is 0 Å². The van der Waals surface area contributed by atoms with Gasteiger partial charge in [-0.2, -0.15) is 5.10 Å². The Labute approximate surface area is 176 Å². The van der Waals surface area contributed by atoms with Crippen molar-refractivity contribution in [2.45, 2.75) is 6.42 Å². The molecule has 1 aromatic carbocycles. The van der Waals surface area contributed by atoms with Crippen molar-refractivity contribution < 1.29 is 14.4 Å². The lowest BCUT2D eigenvalue weighted by Gasteiger charge is -2.34. The lowest BCUT2D eigenvalue weighted by Crippen LogP contribution is -2.49. The minimum atomic E-state index is -0.558. The van der Waals surface area contributed by atoms with E-state index in [1.165, 1.54) is 11.3 Å². The predicted octanol–water partition coefficient (Wildman–Crippen LogP) is 1.51. The van der Waals surface area contributed by atoms with Crippen molar-refractivity contribution in [3.8, 4) is 0 Å². The monoisotopic (exact) mass is 426 g/mol. The van der Waals surface area contributed by atoms with Gasteiger partial charge in [0, 0.05) is 44.5 Å². The maximum atomic E-state index is 12.8. The molecule has 1 aliphatic rings. The number of nitrogens with one attached hydrogen (secondary N) is 2. The fourth-order valence-corrected chi connectivity index (χ4v) is 4.31. The molecule has 2 aromatic heterocycles. The molecule has 0 atom stereocenters. The van der Waals surface area contributed by atoms with Gasteiger partial charge in [0.25, 0.3) is 11.8 Å². The molecule has 10 heteroatoms. The highest BCUT2D eigenvalue weighted by Gasteiger charge is 2.25. The van der Waals surface area contributed by atoms with Crippen LogP contribution in [-0.2, 0) is 4.79 Å². The number of nitrogens with zero attached hydrogens (tertiary/aromatic N) is 3. The number of nitrogens with two attached hydrogens (primary N) is 1. The second-order valence-electron chi connectivity index (χ2n) is 7.08. The molecular weight excluding hydrogens is 404 g/mol. The smallest absolute Gasteiger partial charge is 0.275 e. The molecule has 4 N–H and O–H groups in total. The highest BCUT2D eigenvalue weighted by atomic mass is 32.1. The van der Waals surface area contributed by atoms with Crippen LogP contribution in [0.5, 0.6) is 0 Å². The Kier molecular flexibility index (Phi) is 5.77. The Morgan fingerprint density at radius 1 is 1.13 bits per heavy atom. The van der Waals surface area contributed by atoms with E-state index in [1.807, 2.05) is 24.3 Å². The van der Waals surface area contributed by atoms with Gasteiger partial charge in [-0.25, -0.2) is 0 Å². The molecule has 3 heterocycles. The van der Waals surface area contributed by atoms with Crippen LogP contribution < -0.4 is 11.1 Å². The van der Waals surface area contributed by atoms with E-state index in [2.05, 4.69) is 20.4 Å². The number of piperazine rings is 1. The number of carbonyl (C=O) groups excluding carboxylic acids is 3. The molecule has 1 fully saturated rings. The van der Waals surface area contributed by atoms with Crippen LogP contribution in [0.3, 0.4) is 0 Å². The first-order chi connectivity index (χ1) is 14.5. The summed E-state index contributed by atoms with van der Waals surface area (Å²) >= 11 is 1.27. The molecule has 0 radical (unpaired) electrons. The number of aromatic nitrogens is 2. The molecular formula is C20H22N6O3S. The van der Waals surface area contributed by atoms with E-state index in [9.17, 15) is 14.4 Å². The van der Waals surface area contributed by atoms with E-state index in [4.69, 9.17) is 5.73 Å². The van der Waals surface area contributed by atoms with Gasteiger partial charge < -0.3 is 16.0 Å². The zero-order chi connectivity index (χ0) is 21.1. The SMILES string of the molecule is NC(=O)c1ccsc1NC(=O)CCN1CCN(C(=O)c2n[nH]c3ccccc23)CC1. The number of thiophene rings is 1. The van der Waals surface area contributed by atoms with Crippen molar-refractivity contribution >= 4 is 45.0 Å². The van der Waals surface area contributed by atoms with Crippen LogP contribution in [0, 0.1) is 0 Å². The summed E-state index contributed by atoms with van der Waals surface area (Å²) in [5.41, 5.74) is 6.91. The Morgan fingerprint density at radius 2 is 1.90 bits per heavy atom. The summed E-state index contributed by atoms with van der Waals surface area (Å²) < 4.78 is 0. The molecule has 0 saturated carbocycles. The Hall–Kier alpha value is -3.24. The maximum Gasteiger partial charge on any atom is 0.275 e. The zero-order valence-electron chi connectivity index (χ0n) is 16.3. The molecule has 1 aliphatic heterocycles. The number of H-pyrrole nitrogens is 1. The van der Waals surface area contributed by atoms with Crippen LogP contribution in [0.4, 0.5) is 5.00 Å². The van der Waals surface area contributed by atoms with Gasteiger partial charge in [0.1, 0.15) is 5.00 Å². The summed E-state index contributed by atoms with van der Waals surface area (Å²) in [5, 5.41) is 12.9. The average Bonchev–Trinajstić information content (AvgIpc) is 3.39. The molecule has 0 aliphatic carbocycles. The largest absolute Gasteiger partial charge is 0.366 e. The lowest BCUT2D eigenvalue weighted by molar-refractivity contribution is -0.116. The van der Waals surface area contributed by atoms with Crippen LogP contribution in [0.15, 0.2) is 35.7 Å². The number of rotatable bonds is 6. The van der Waals surface area contributed by atoms with Crippen molar-refractivity contribution in [3.63, 3.8) is 0 Å². The minimum absolute atomic E-state index is 0.0819. The van der Waals surface area contributed by atoms with Gasteiger partial charge in [0.05, 0.1) is 11.1 Å². The number of primary amides is 1. The number of hydrogen-bond acceptors (Lipinski definition) is 6. The number of carbonyl (C=O) groups is 3. The van der Waals surface area contributed by atoms with Gasteiger partial charge in [0.2, 0.25) is 5.91 Å². The molecule has 0 unspecified atom stereocenters. The first kappa shape index (κ1) is 20.0. The Morgan fingerprint density at radius 3 is 2.67 bits per heavy atom. The molecule has 156 valence electrons. The van der Waals surface area contributed by atoms with E-state index in [-0.39, 0.29) is 11.8 Å². The third-order valence-corrected chi connectivity index (χ3v) is 6.00. The standard InChI is InChI=1S/C20H22N6O3S/c21-18(28)14-6-12-30-19(14)22-16(27)5-7-25-8-10-26(11-9-25)20(29)17-13-3-1-2-4-15(13)23-24-17/h1-4,6,12H,5,7-11H2,(H2,21,28)(H,22,27)(H,23,24). The lowest BCUT2D eigenvalue weighted by atomic mass is 10.2. The van der Waals surface area contributed by atoms with Gasteiger partial charge in [-0.1, -0.05) is 18.2 Å². The number of benzene rings is 1. The van der Waals surface area contributed by atoms with E-state index in [0.717, 1.165) is 10.9 Å². The Balaban J connectivity index is 1.26. The molecule has 9 nitrogen and oxygen atoms in total. The van der Waals surface area contributed by atoms with Gasteiger partial charge in [-0.15, -0.1) is 11.3 Å². The fraction of sp³-hybridized carbons (Fsp3) is 0.300. The second kappa shape index (κ2) is 8.64. The predicted molar refractivity (Wildman–Crippen MR) is 115 cm³/mol. The van der Waals surface area contributed by atoms with Crippen LogP contribution in [-0.4, -0.2) is 70.4 Å². The summed E-state index contributed by atoms with van der Waals surface area (Å²) in [5.74, 6) is -0.806. The third kappa shape index (κ3) is 4.19. The van der Waals surface area contributed by atoms with Crippen molar-refractivity contribution in [3.05, 3.63) is 47.0 Å². The number of anilines is 1. The van der Waals surface area contributed by atoms with E-state index in [0.29, 0.717) is 55.4 Å². The second-order valence-corrected chi connectivity index (χ2v) is 7.99. The van der Waals surface area contributed by atoms with Gasteiger partial charge >= 0.3 is 0 Å². The molecule has 1 saturated heterocycles. The summed E-state index contributed by atoms with van der Waals surface area (Å²) in [4.78, 5) is 40.3.